The summed E-state index contributed by atoms with van der Waals surface area (Å²) < 4.78 is 26.5. The van der Waals surface area contributed by atoms with Gasteiger partial charge >= 0.3 is 0 Å². The average Bonchev–Trinajstić information content (AvgIpc) is 3.38. The fourth-order valence-corrected chi connectivity index (χ4v) is 4.52. The number of hydrogen-bond donors (Lipinski definition) is 2. The van der Waals surface area contributed by atoms with Crippen LogP contribution in [0.2, 0.25) is 0 Å². The molecule has 3 aromatic rings. The maximum absolute atomic E-state index is 13.6. The number of halogens is 1. The number of methoxy groups -OCH3 is 1. The van der Waals surface area contributed by atoms with Gasteiger partial charge in [0.25, 0.3) is 0 Å². The summed E-state index contributed by atoms with van der Waals surface area (Å²) in [5, 5.41) is 29.0. The molecule has 4 rings (SSSR count). The van der Waals surface area contributed by atoms with E-state index in [-0.39, 0.29) is 18.5 Å². The van der Waals surface area contributed by atoms with Crippen molar-refractivity contribution < 1.29 is 24.1 Å². The third-order valence-corrected chi connectivity index (χ3v) is 6.64. The van der Waals surface area contributed by atoms with Gasteiger partial charge in [0.1, 0.15) is 29.5 Å². The summed E-state index contributed by atoms with van der Waals surface area (Å²) >= 11 is 0. The second-order valence-electron chi connectivity index (χ2n) is 9.25. The Hall–Kier alpha value is -3.05. The van der Waals surface area contributed by atoms with Crippen LogP contribution in [0, 0.1) is 5.82 Å². The molecule has 0 radical (unpaired) electrons. The van der Waals surface area contributed by atoms with Gasteiger partial charge in [-0.2, -0.15) is 0 Å². The van der Waals surface area contributed by atoms with E-state index in [2.05, 4.69) is 20.1 Å². The topological polar surface area (TPSA) is 96.1 Å². The van der Waals surface area contributed by atoms with Crippen molar-refractivity contribution in [3.63, 3.8) is 0 Å². The van der Waals surface area contributed by atoms with Crippen molar-refractivity contribution >= 4 is 5.69 Å². The number of aliphatic hydroxyl groups is 2. The van der Waals surface area contributed by atoms with Crippen molar-refractivity contribution in [1.82, 2.24) is 19.9 Å². The molecule has 2 aromatic carbocycles. The highest BCUT2D eigenvalue weighted by molar-refractivity contribution is 5.57. The molecule has 0 amide bonds. The summed E-state index contributed by atoms with van der Waals surface area (Å²) in [4.78, 5) is 4.34. The van der Waals surface area contributed by atoms with Gasteiger partial charge in [-0.25, -0.2) is 9.07 Å². The van der Waals surface area contributed by atoms with Gasteiger partial charge in [-0.05, 0) is 49.9 Å². The van der Waals surface area contributed by atoms with E-state index in [4.69, 9.17) is 9.47 Å². The van der Waals surface area contributed by atoms with Crippen molar-refractivity contribution in [3.05, 3.63) is 60.5 Å². The fraction of sp³-hybridized carbons (Fsp3) is 0.462. The number of rotatable bonds is 10. The predicted octanol–water partition coefficient (Wildman–Crippen LogP) is 2.21. The molecule has 0 aliphatic carbocycles. The first kappa shape index (κ1) is 26.0. The SMILES string of the molecule is COc1ccc(N(C)CCN(C)CC2CC(n3cc(-c4cccc(F)c4)nn3)C(O)C(CO)O2)cc1. The number of benzene rings is 2. The molecule has 194 valence electrons. The van der Waals surface area contributed by atoms with Crippen molar-refractivity contribution in [2.75, 3.05) is 52.3 Å². The van der Waals surface area contributed by atoms with E-state index in [9.17, 15) is 14.6 Å². The predicted molar refractivity (Wildman–Crippen MR) is 135 cm³/mol. The van der Waals surface area contributed by atoms with Crippen LogP contribution in [0.5, 0.6) is 5.75 Å². The molecule has 1 aliphatic heterocycles. The second kappa shape index (κ2) is 11.8. The lowest BCUT2D eigenvalue weighted by molar-refractivity contribution is -0.160. The summed E-state index contributed by atoms with van der Waals surface area (Å²) in [6, 6.07) is 13.6. The Balaban J connectivity index is 1.37. The van der Waals surface area contributed by atoms with Gasteiger partial charge < -0.3 is 29.5 Å². The van der Waals surface area contributed by atoms with E-state index < -0.39 is 18.2 Å². The van der Waals surface area contributed by atoms with Crippen LogP contribution < -0.4 is 9.64 Å². The summed E-state index contributed by atoms with van der Waals surface area (Å²) in [5.41, 5.74) is 2.23. The van der Waals surface area contributed by atoms with Gasteiger partial charge in [-0.15, -0.1) is 5.10 Å². The molecule has 0 spiro atoms. The molecular formula is C26H34FN5O4. The standard InChI is InChI=1S/C26H34FN5O4/c1-30(11-12-31(2)20-7-9-21(35-3)10-8-20)15-22-14-24(26(34)25(17-33)36-22)32-16-23(28-29-32)18-5-4-6-19(27)13-18/h4-10,13,16,22,24-26,33-34H,11-12,14-15,17H2,1-3H3. The van der Waals surface area contributed by atoms with Gasteiger partial charge in [0.15, 0.2) is 0 Å². The molecule has 4 unspecified atom stereocenters. The lowest BCUT2D eigenvalue weighted by Gasteiger charge is -2.40. The molecule has 9 nitrogen and oxygen atoms in total. The van der Waals surface area contributed by atoms with Gasteiger partial charge in [0.05, 0.1) is 32.1 Å². The number of likely N-dealkylation sites (N-methyl/N-ethyl adjacent to an activating group) is 2. The maximum atomic E-state index is 13.6. The van der Waals surface area contributed by atoms with Gasteiger partial charge in [0.2, 0.25) is 0 Å². The van der Waals surface area contributed by atoms with E-state index in [1.807, 2.05) is 38.4 Å². The van der Waals surface area contributed by atoms with Crippen LogP contribution in [-0.4, -0.2) is 95.9 Å². The van der Waals surface area contributed by atoms with Gasteiger partial charge in [-0.1, -0.05) is 17.3 Å². The Labute approximate surface area is 210 Å². The Bertz CT molecular complexity index is 1110. The van der Waals surface area contributed by atoms with E-state index in [1.165, 1.54) is 12.1 Å². The molecule has 1 saturated heterocycles. The summed E-state index contributed by atoms with van der Waals surface area (Å²) in [6.45, 7) is 1.93. The zero-order valence-electron chi connectivity index (χ0n) is 20.9. The average molecular weight is 500 g/mol. The first-order chi connectivity index (χ1) is 17.4. The minimum absolute atomic E-state index is 0.214. The molecule has 2 N–H and O–H groups in total. The number of aromatic nitrogens is 3. The minimum atomic E-state index is -0.945. The highest BCUT2D eigenvalue weighted by Crippen LogP contribution is 2.31. The Kier molecular flexibility index (Phi) is 8.52. The lowest BCUT2D eigenvalue weighted by atomic mass is 9.95. The zero-order valence-corrected chi connectivity index (χ0v) is 20.9. The molecule has 10 heteroatoms. The van der Waals surface area contributed by atoms with Crippen LogP contribution in [-0.2, 0) is 4.74 Å². The van der Waals surface area contributed by atoms with Gasteiger partial charge in [0, 0.05) is 37.9 Å². The van der Waals surface area contributed by atoms with Gasteiger partial charge in [-0.3, -0.25) is 0 Å². The maximum Gasteiger partial charge on any atom is 0.123 e. The van der Waals surface area contributed by atoms with Crippen LogP contribution in [0.4, 0.5) is 10.1 Å². The smallest absolute Gasteiger partial charge is 0.123 e. The molecule has 2 heterocycles. The van der Waals surface area contributed by atoms with E-state index in [1.54, 1.807) is 30.1 Å². The van der Waals surface area contributed by atoms with Crippen LogP contribution in [0.3, 0.4) is 0 Å². The van der Waals surface area contributed by atoms with E-state index in [0.717, 1.165) is 24.5 Å². The molecule has 36 heavy (non-hydrogen) atoms. The van der Waals surface area contributed by atoms with Crippen molar-refractivity contribution in [2.45, 2.75) is 30.8 Å². The molecule has 0 saturated carbocycles. The summed E-state index contributed by atoms with van der Waals surface area (Å²) in [6.07, 6.45) is 0.314. The Morgan fingerprint density at radius 3 is 2.64 bits per heavy atom. The minimum Gasteiger partial charge on any atom is -0.497 e. The Morgan fingerprint density at radius 1 is 1.17 bits per heavy atom. The summed E-state index contributed by atoms with van der Waals surface area (Å²) in [5.74, 6) is 0.471. The second-order valence-corrected chi connectivity index (χ2v) is 9.25. The third-order valence-electron chi connectivity index (χ3n) is 6.64. The van der Waals surface area contributed by atoms with Crippen molar-refractivity contribution in [2.24, 2.45) is 0 Å². The Morgan fingerprint density at radius 2 is 1.94 bits per heavy atom. The normalized spacial score (nSPS) is 22.1. The molecule has 0 bridgehead atoms. The first-order valence-electron chi connectivity index (χ1n) is 12.0. The first-order valence-corrected chi connectivity index (χ1v) is 12.0. The van der Waals surface area contributed by atoms with Crippen molar-refractivity contribution in [1.29, 1.82) is 0 Å². The lowest BCUT2D eigenvalue weighted by Crippen LogP contribution is -2.50. The fourth-order valence-electron chi connectivity index (χ4n) is 4.52. The quantitative estimate of drug-likeness (QED) is 0.439. The molecule has 1 aliphatic rings. The molecule has 1 aromatic heterocycles. The van der Waals surface area contributed by atoms with Crippen LogP contribution in [0.1, 0.15) is 12.5 Å². The zero-order chi connectivity index (χ0) is 25.7. The number of hydrogen-bond acceptors (Lipinski definition) is 8. The van der Waals surface area contributed by atoms with Crippen LogP contribution in [0.25, 0.3) is 11.3 Å². The number of anilines is 1. The highest BCUT2D eigenvalue weighted by Gasteiger charge is 2.39. The van der Waals surface area contributed by atoms with E-state index >= 15 is 0 Å². The number of ether oxygens (including phenoxy) is 2. The number of aliphatic hydroxyl groups excluding tert-OH is 2. The number of nitrogens with zero attached hydrogens (tertiary/aromatic N) is 5. The molecule has 4 atom stereocenters. The third kappa shape index (κ3) is 6.19. The summed E-state index contributed by atoms with van der Waals surface area (Å²) in [7, 11) is 5.72. The molecular weight excluding hydrogens is 465 g/mol. The molecule has 1 fully saturated rings. The van der Waals surface area contributed by atoms with Crippen molar-refractivity contribution in [3.8, 4) is 17.0 Å². The van der Waals surface area contributed by atoms with Crippen LogP contribution in [0.15, 0.2) is 54.7 Å². The highest BCUT2D eigenvalue weighted by atomic mass is 19.1. The monoisotopic (exact) mass is 499 g/mol. The van der Waals surface area contributed by atoms with Crippen LogP contribution >= 0.6 is 0 Å². The largest absolute Gasteiger partial charge is 0.497 e. The van der Waals surface area contributed by atoms with E-state index in [0.29, 0.717) is 24.2 Å².